The molecule has 0 amide bonds. The number of aromatic nitrogens is 2. The first-order chi connectivity index (χ1) is 21.7. The fourth-order valence-electron chi connectivity index (χ4n) is 5.57. The summed E-state index contributed by atoms with van der Waals surface area (Å²) in [6.07, 6.45) is -3.15. The predicted molar refractivity (Wildman–Crippen MR) is 163 cm³/mol. The quantitative estimate of drug-likeness (QED) is 0.159. The van der Waals surface area contributed by atoms with Gasteiger partial charge in [0.05, 0.1) is 0 Å². The average molecular weight is 612 g/mol. The van der Waals surface area contributed by atoms with Gasteiger partial charge in [0, 0.05) is 27.0 Å². The number of hydrogen-bond donors (Lipinski definition) is 1. The zero-order valence-electron chi connectivity index (χ0n) is 25.0. The molecule has 1 saturated heterocycles. The number of benzene rings is 3. The maximum absolute atomic E-state index is 13.7. The Morgan fingerprint density at radius 2 is 1.24 bits per heavy atom. The normalized spacial score (nSPS) is 19.4. The SMILES string of the molecule is CC(=O)OC[C@H]1O[C@@H](n2ccc(NC(c3ccccc3)(c3ccccc3)c3ccccc3)nc2=O)[C@H](OC(C)=O)[C@@H]1OC(C)=O. The Hall–Kier alpha value is -5.29. The summed E-state index contributed by atoms with van der Waals surface area (Å²) in [4.78, 5) is 53.5. The second-order valence-corrected chi connectivity index (χ2v) is 10.5. The van der Waals surface area contributed by atoms with Crippen LogP contribution in [-0.2, 0) is 38.9 Å². The number of nitrogens with one attached hydrogen (secondary N) is 1. The summed E-state index contributed by atoms with van der Waals surface area (Å²) >= 11 is 0. The van der Waals surface area contributed by atoms with Gasteiger partial charge in [-0.1, -0.05) is 91.0 Å². The highest BCUT2D eigenvalue weighted by Gasteiger charge is 2.51. The maximum Gasteiger partial charge on any atom is 0.351 e. The molecule has 232 valence electrons. The minimum Gasteiger partial charge on any atom is -0.463 e. The Bertz CT molecular complexity index is 1600. The van der Waals surface area contributed by atoms with Gasteiger partial charge < -0.3 is 24.3 Å². The summed E-state index contributed by atoms with van der Waals surface area (Å²) in [6, 6.07) is 31.1. The van der Waals surface area contributed by atoms with Crippen LogP contribution in [-0.4, -0.2) is 52.4 Å². The molecule has 1 aliphatic heterocycles. The smallest absolute Gasteiger partial charge is 0.351 e. The number of nitrogens with zero attached hydrogens (tertiary/aromatic N) is 2. The molecular formula is C34H33N3O8. The van der Waals surface area contributed by atoms with Crippen LogP contribution in [0.2, 0.25) is 0 Å². The molecule has 4 aromatic rings. The second kappa shape index (κ2) is 13.6. The van der Waals surface area contributed by atoms with E-state index in [1.54, 1.807) is 6.07 Å². The van der Waals surface area contributed by atoms with Crippen LogP contribution >= 0.6 is 0 Å². The van der Waals surface area contributed by atoms with Gasteiger partial charge in [-0.2, -0.15) is 4.98 Å². The predicted octanol–water partition coefficient (Wildman–Crippen LogP) is 3.97. The third-order valence-electron chi connectivity index (χ3n) is 7.38. The van der Waals surface area contributed by atoms with E-state index < -0.39 is 53.7 Å². The molecule has 1 fully saturated rings. The molecule has 2 heterocycles. The fourth-order valence-corrected chi connectivity index (χ4v) is 5.57. The van der Waals surface area contributed by atoms with Crippen molar-refractivity contribution in [1.29, 1.82) is 0 Å². The highest BCUT2D eigenvalue weighted by Crippen LogP contribution is 2.40. The Morgan fingerprint density at radius 3 is 1.69 bits per heavy atom. The molecule has 0 saturated carbocycles. The summed E-state index contributed by atoms with van der Waals surface area (Å²) in [7, 11) is 0. The third-order valence-corrected chi connectivity index (χ3v) is 7.38. The van der Waals surface area contributed by atoms with E-state index in [1.165, 1.54) is 27.0 Å². The van der Waals surface area contributed by atoms with Gasteiger partial charge in [-0.15, -0.1) is 0 Å². The summed E-state index contributed by atoms with van der Waals surface area (Å²) < 4.78 is 23.2. The molecule has 4 atom stereocenters. The first-order valence-electron chi connectivity index (χ1n) is 14.4. The lowest BCUT2D eigenvalue weighted by molar-refractivity contribution is -0.166. The van der Waals surface area contributed by atoms with Crippen molar-refractivity contribution < 1.29 is 33.3 Å². The highest BCUT2D eigenvalue weighted by molar-refractivity contribution is 5.68. The van der Waals surface area contributed by atoms with Gasteiger partial charge in [0.2, 0.25) is 0 Å². The number of anilines is 1. The van der Waals surface area contributed by atoms with E-state index in [0.717, 1.165) is 21.3 Å². The number of ether oxygens (including phenoxy) is 4. The standard InChI is InChI=1S/C34H33N3O8/c1-22(38)42-21-28-30(43-23(2)39)31(44-24(3)40)32(45-28)37-20-19-29(35-33(37)41)36-34(25-13-7-4-8-14-25,26-15-9-5-10-16-26)27-17-11-6-12-18-27/h4-20,28,30-32H,21H2,1-3H3,(H,35,36,41)/t28-,30-,31-,32-/m1/s1. The topological polar surface area (TPSA) is 135 Å². The Balaban J connectivity index is 1.57. The Labute approximate surface area is 259 Å². The van der Waals surface area contributed by atoms with Gasteiger partial charge in [-0.05, 0) is 22.8 Å². The van der Waals surface area contributed by atoms with Crippen LogP contribution < -0.4 is 11.0 Å². The molecule has 11 heteroatoms. The number of carbonyl (C=O) groups excluding carboxylic acids is 3. The monoisotopic (exact) mass is 611 g/mol. The van der Waals surface area contributed by atoms with E-state index in [-0.39, 0.29) is 12.4 Å². The highest BCUT2D eigenvalue weighted by atomic mass is 16.7. The molecule has 45 heavy (non-hydrogen) atoms. The lowest BCUT2D eigenvalue weighted by atomic mass is 9.77. The van der Waals surface area contributed by atoms with Crippen molar-refractivity contribution in [1.82, 2.24) is 9.55 Å². The summed E-state index contributed by atoms with van der Waals surface area (Å²) in [5.74, 6) is -1.67. The van der Waals surface area contributed by atoms with Crippen LogP contribution in [0.15, 0.2) is 108 Å². The van der Waals surface area contributed by atoms with E-state index in [0.29, 0.717) is 0 Å². The van der Waals surface area contributed by atoms with Crippen LogP contribution in [0.3, 0.4) is 0 Å². The second-order valence-electron chi connectivity index (χ2n) is 10.5. The largest absolute Gasteiger partial charge is 0.463 e. The summed E-state index contributed by atoms with van der Waals surface area (Å²) in [5.41, 5.74) is 1.09. The van der Waals surface area contributed by atoms with Crippen LogP contribution in [0.5, 0.6) is 0 Å². The van der Waals surface area contributed by atoms with Gasteiger partial charge >= 0.3 is 23.6 Å². The number of rotatable bonds is 10. The van der Waals surface area contributed by atoms with Gasteiger partial charge in [-0.3, -0.25) is 19.0 Å². The molecule has 1 aliphatic rings. The molecule has 0 radical (unpaired) electrons. The molecule has 1 aromatic heterocycles. The van der Waals surface area contributed by atoms with Crippen molar-refractivity contribution in [2.75, 3.05) is 11.9 Å². The molecule has 1 N–H and O–H groups in total. The molecular weight excluding hydrogens is 578 g/mol. The molecule has 0 unspecified atom stereocenters. The van der Waals surface area contributed by atoms with Crippen LogP contribution in [0.1, 0.15) is 43.7 Å². The van der Waals surface area contributed by atoms with Gasteiger partial charge in [0.15, 0.2) is 18.4 Å². The van der Waals surface area contributed by atoms with Crippen molar-refractivity contribution >= 4 is 23.7 Å². The van der Waals surface area contributed by atoms with Crippen molar-refractivity contribution in [3.63, 3.8) is 0 Å². The lowest BCUT2D eigenvalue weighted by Crippen LogP contribution is -2.42. The fraction of sp³-hybridized carbons (Fsp3) is 0.265. The van der Waals surface area contributed by atoms with E-state index >= 15 is 0 Å². The molecule has 0 spiro atoms. The number of carbonyl (C=O) groups is 3. The number of hydrogen-bond acceptors (Lipinski definition) is 10. The summed E-state index contributed by atoms with van der Waals surface area (Å²) in [6.45, 7) is 3.30. The molecule has 0 bridgehead atoms. The van der Waals surface area contributed by atoms with E-state index in [9.17, 15) is 19.2 Å². The molecule has 3 aromatic carbocycles. The minimum absolute atomic E-state index is 0.267. The van der Waals surface area contributed by atoms with Crippen molar-refractivity contribution in [2.24, 2.45) is 0 Å². The average Bonchev–Trinajstić information content (AvgIpc) is 3.35. The number of esters is 3. The van der Waals surface area contributed by atoms with E-state index in [1.807, 2.05) is 91.0 Å². The zero-order chi connectivity index (χ0) is 32.0. The van der Waals surface area contributed by atoms with Crippen molar-refractivity contribution in [3.8, 4) is 0 Å². The van der Waals surface area contributed by atoms with E-state index in [2.05, 4.69) is 10.3 Å². The van der Waals surface area contributed by atoms with Gasteiger partial charge in [0.1, 0.15) is 24.1 Å². The first-order valence-corrected chi connectivity index (χ1v) is 14.4. The molecule has 5 rings (SSSR count). The lowest BCUT2D eigenvalue weighted by Gasteiger charge is -2.37. The molecule has 0 aliphatic carbocycles. The molecule has 11 nitrogen and oxygen atoms in total. The minimum atomic E-state index is -1.23. The van der Waals surface area contributed by atoms with Crippen LogP contribution in [0, 0.1) is 0 Å². The summed E-state index contributed by atoms with van der Waals surface area (Å²) in [5, 5.41) is 3.54. The maximum atomic E-state index is 13.7. The zero-order valence-corrected chi connectivity index (χ0v) is 25.0. The van der Waals surface area contributed by atoms with Gasteiger partial charge in [-0.25, -0.2) is 4.79 Å². The van der Waals surface area contributed by atoms with Crippen molar-refractivity contribution in [2.45, 2.75) is 50.8 Å². The van der Waals surface area contributed by atoms with Gasteiger partial charge in [0.25, 0.3) is 0 Å². The van der Waals surface area contributed by atoms with E-state index in [4.69, 9.17) is 18.9 Å². The third kappa shape index (κ3) is 6.78. The Morgan fingerprint density at radius 1 is 0.756 bits per heavy atom. The first kappa shape index (κ1) is 31.1. The Kier molecular flexibility index (Phi) is 9.39. The van der Waals surface area contributed by atoms with Crippen LogP contribution in [0.25, 0.3) is 0 Å². The van der Waals surface area contributed by atoms with Crippen LogP contribution in [0.4, 0.5) is 5.82 Å². The van der Waals surface area contributed by atoms with Crippen molar-refractivity contribution in [3.05, 3.63) is 130 Å².